The molecule has 4 rings (SSSR count). The summed E-state index contributed by atoms with van der Waals surface area (Å²) < 4.78 is 27.3. The van der Waals surface area contributed by atoms with Crippen LogP contribution in [0.4, 0.5) is 8.78 Å². The van der Waals surface area contributed by atoms with Crippen molar-refractivity contribution in [3.63, 3.8) is 0 Å². The third-order valence-corrected chi connectivity index (χ3v) is 5.24. The molecule has 1 aromatic carbocycles. The van der Waals surface area contributed by atoms with Crippen LogP contribution in [-0.4, -0.2) is 25.9 Å². The van der Waals surface area contributed by atoms with Crippen molar-refractivity contribution in [2.45, 2.75) is 26.2 Å². The van der Waals surface area contributed by atoms with Crippen molar-refractivity contribution < 1.29 is 8.78 Å². The van der Waals surface area contributed by atoms with Gasteiger partial charge in [0.15, 0.2) is 5.82 Å². The molecule has 7 heteroatoms. The van der Waals surface area contributed by atoms with Crippen molar-refractivity contribution in [1.29, 1.82) is 5.41 Å². The first-order valence-corrected chi connectivity index (χ1v) is 9.68. The molecular weight excluding hydrogens is 384 g/mol. The Morgan fingerprint density at radius 3 is 2.67 bits per heavy atom. The molecule has 2 heterocycles. The maximum absolute atomic E-state index is 13.6. The molecule has 2 N–H and O–H groups in total. The highest BCUT2D eigenvalue weighted by molar-refractivity contribution is 5.93. The second kappa shape index (κ2) is 8.10. The van der Waals surface area contributed by atoms with E-state index in [-0.39, 0.29) is 11.8 Å². The SMILES string of the molecule is CC(=N)C=Cc1n[nH]c(CC2C=Cc3ncc(-c4cc(F)cc(F)c4)cc3C2C)n1. The van der Waals surface area contributed by atoms with E-state index in [0.29, 0.717) is 29.1 Å². The van der Waals surface area contributed by atoms with Gasteiger partial charge in [-0.15, -0.1) is 0 Å². The van der Waals surface area contributed by atoms with E-state index >= 15 is 0 Å². The number of allylic oxidation sites excluding steroid dienone is 2. The molecule has 1 aliphatic carbocycles. The maximum atomic E-state index is 13.6. The fraction of sp³-hybridized carbons (Fsp3) is 0.217. The molecule has 2 aromatic heterocycles. The first-order valence-electron chi connectivity index (χ1n) is 9.68. The molecule has 0 radical (unpaired) electrons. The van der Waals surface area contributed by atoms with Gasteiger partial charge in [0, 0.05) is 30.0 Å². The molecule has 0 bridgehead atoms. The Morgan fingerprint density at radius 2 is 1.93 bits per heavy atom. The molecule has 1 aliphatic rings. The van der Waals surface area contributed by atoms with Crippen molar-refractivity contribution >= 4 is 17.9 Å². The second-order valence-corrected chi connectivity index (χ2v) is 7.53. The molecule has 5 nitrogen and oxygen atoms in total. The van der Waals surface area contributed by atoms with Gasteiger partial charge in [-0.3, -0.25) is 10.1 Å². The molecule has 0 spiro atoms. The standard InChI is InChI=1S/C23H21F2N5/c1-13(26)3-6-22-28-23(30-29-22)10-15-4-5-21-20(14(15)2)9-17(12-27-21)16-7-18(24)11-19(25)8-16/h3-9,11-12,14-15,26H,10H2,1-2H3,(H,28,29,30). The summed E-state index contributed by atoms with van der Waals surface area (Å²) in [6, 6.07) is 5.44. The van der Waals surface area contributed by atoms with Gasteiger partial charge in [-0.2, -0.15) is 5.10 Å². The number of pyridine rings is 1. The normalized spacial score (nSPS) is 18.0. The van der Waals surface area contributed by atoms with Crippen molar-refractivity contribution in [3.05, 3.63) is 77.2 Å². The molecular formula is C23H21F2N5. The molecule has 0 saturated heterocycles. The van der Waals surface area contributed by atoms with E-state index in [0.717, 1.165) is 23.1 Å². The Kier molecular flexibility index (Phi) is 5.35. The van der Waals surface area contributed by atoms with Crippen LogP contribution in [0.25, 0.3) is 23.3 Å². The van der Waals surface area contributed by atoms with Gasteiger partial charge in [-0.05, 0) is 66.3 Å². The van der Waals surface area contributed by atoms with Gasteiger partial charge in [0.2, 0.25) is 0 Å². The van der Waals surface area contributed by atoms with Crippen LogP contribution in [-0.2, 0) is 6.42 Å². The summed E-state index contributed by atoms with van der Waals surface area (Å²) in [5.74, 6) is 0.403. The highest BCUT2D eigenvalue weighted by Gasteiger charge is 2.25. The van der Waals surface area contributed by atoms with Gasteiger partial charge in [0.1, 0.15) is 17.5 Å². The quantitative estimate of drug-likeness (QED) is 0.574. The summed E-state index contributed by atoms with van der Waals surface area (Å²) in [5, 5.41) is 14.6. The molecule has 152 valence electrons. The van der Waals surface area contributed by atoms with Crippen molar-refractivity contribution in [2.24, 2.45) is 5.92 Å². The maximum Gasteiger partial charge on any atom is 0.173 e. The Labute approximate surface area is 173 Å². The van der Waals surface area contributed by atoms with Crippen LogP contribution in [0.15, 0.2) is 42.6 Å². The lowest BCUT2D eigenvalue weighted by atomic mass is 9.80. The number of fused-ring (bicyclic) bond motifs is 1. The fourth-order valence-corrected chi connectivity index (χ4v) is 3.63. The predicted octanol–water partition coefficient (Wildman–Crippen LogP) is 5.19. The number of H-pyrrole nitrogens is 1. The van der Waals surface area contributed by atoms with Crippen LogP contribution in [0.5, 0.6) is 0 Å². The van der Waals surface area contributed by atoms with Crippen LogP contribution >= 0.6 is 0 Å². The largest absolute Gasteiger partial charge is 0.306 e. The Morgan fingerprint density at radius 1 is 1.17 bits per heavy atom. The number of halogens is 2. The summed E-state index contributed by atoms with van der Waals surface area (Å²) in [6.07, 6.45) is 9.75. The van der Waals surface area contributed by atoms with Gasteiger partial charge >= 0.3 is 0 Å². The summed E-state index contributed by atoms with van der Waals surface area (Å²) in [5.41, 5.74) is 3.48. The number of hydrogen-bond acceptors (Lipinski definition) is 4. The van der Waals surface area contributed by atoms with E-state index in [1.807, 2.05) is 12.1 Å². The Balaban J connectivity index is 1.57. The number of nitrogens with one attached hydrogen (secondary N) is 2. The summed E-state index contributed by atoms with van der Waals surface area (Å²) in [7, 11) is 0. The van der Waals surface area contributed by atoms with Crippen molar-refractivity contribution in [3.8, 4) is 11.1 Å². The summed E-state index contributed by atoms with van der Waals surface area (Å²) in [4.78, 5) is 8.96. The minimum Gasteiger partial charge on any atom is -0.306 e. The monoisotopic (exact) mass is 405 g/mol. The van der Waals surface area contributed by atoms with Gasteiger partial charge in [0.25, 0.3) is 0 Å². The second-order valence-electron chi connectivity index (χ2n) is 7.53. The zero-order valence-corrected chi connectivity index (χ0v) is 16.7. The van der Waals surface area contributed by atoms with Crippen LogP contribution in [0, 0.1) is 23.0 Å². The molecule has 30 heavy (non-hydrogen) atoms. The van der Waals surface area contributed by atoms with Crippen LogP contribution in [0.2, 0.25) is 0 Å². The zero-order valence-electron chi connectivity index (χ0n) is 16.7. The topological polar surface area (TPSA) is 78.3 Å². The molecule has 0 amide bonds. The van der Waals surface area contributed by atoms with E-state index in [1.165, 1.54) is 12.1 Å². The van der Waals surface area contributed by atoms with E-state index in [4.69, 9.17) is 5.41 Å². The number of benzene rings is 1. The van der Waals surface area contributed by atoms with Crippen LogP contribution in [0.3, 0.4) is 0 Å². The molecule has 0 fully saturated rings. The number of rotatable bonds is 5. The molecule has 2 atom stereocenters. The minimum absolute atomic E-state index is 0.142. The van der Waals surface area contributed by atoms with Gasteiger partial charge < -0.3 is 5.41 Å². The summed E-state index contributed by atoms with van der Waals surface area (Å²) >= 11 is 0. The van der Waals surface area contributed by atoms with Gasteiger partial charge in [-0.25, -0.2) is 13.8 Å². The summed E-state index contributed by atoms with van der Waals surface area (Å²) in [6.45, 7) is 3.80. The zero-order chi connectivity index (χ0) is 21.3. The first kappa shape index (κ1) is 19.8. The Bertz CT molecular complexity index is 1140. The average molecular weight is 405 g/mol. The molecule has 2 unspecified atom stereocenters. The third-order valence-electron chi connectivity index (χ3n) is 5.24. The van der Waals surface area contributed by atoms with E-state index in [9.17, 15) is 8.78 Å². The van der Waals surface area contributed by atoms with Crippen molar-refractivity contribution in [1.82, 2.24) is 20.2 Å². The lowest BCUT2D eigenvalue weighted by molar-refractivity contribution is 0.520. The number of aromatic nitrogens is 4. The van der Waals surface area contributed by atoms with E-state index < -0.39 is 11.6 Å². The van der Waals surface area contributed by atoms with E-state index in [2.05, 4.69) is 33.2 Å². The molecule has 3 aromatic rings. The smallest absolute Gasteiger partial charge is 0.173 e. The van der Waals surface area contributed by atoms with Gasteiger partial charge in [-0.1, -0.05) is 13.0 Å². The highest BCUT2D eigenvalue weighted by Crippen LogP contribution is 2.36. The van der Waals surface area contributed by atoms with Crippen LogP contribution in [0.1, 0.15) is 42.7 Å². The first-order chi connectivity index (χ1) is 14.4. The van der Waals surface area contributed by atoms with Crippen molar-refractivity contribution in [2.75, 3.05) is 0 Å². The lowest BCUT2D eigenvalue weighted by Crippen LogP contribution is -2.16. The third kappa shape index (κ3) is 4.25. The average Bonchev–Trinajstić information content (AvgIpc) is 3.15. The number of nitrogens with zero attached hydrogens (tertiary/aromatic N) is 3. The fourth-order valence-electron chi connectivity index (χ4n) is 3.63. The Hall–Kier alpha value is -3.48. The number of aromatic amines is 1. The molecule has 0 aliphatic heterocycles. The van der Waals surface area contributed by atoms with Gasteiger partial charge in [0.05, 0.1) is 5.69 Å². The minimum atomic E-state index is -0.609. The predicted molar refractivity (Wildman–Crippen MR) is 113 cm³/mol. The van der Waals surface area contributed by atoms with E-state index in [1.54, 1.807) is 25.3 Å². The van der Waals surface area contributed by atoms with Crippen LogP contribution < -0.4 is 0 Å². The lowest BCUT2D eigenvalue weighted by Gasteiger charge is -2.26. The molecule has 0 saturated carbocycles. The highest BCUT2D eigenvalue weighted by atomic mass is 19.1. The number of hydrogen-bond donors (Lipinski definition) is 2.